The summed E-state index contributed by atoms with van der Waals surface area (Å²) < 4.78 is 115. The average molecular weight is 1710 g/mol. The minimum atomic E-state index is -0.0343. The van der Waals surface area contributed by atoms with E-state index in [0.29, 0.717) is 66.1 Å². The van der Waals surface area contributed by atoms with Crippen LogP contribution < -0.4 is 47.4 Å². The van der Waals surface area contributed by atoms with Crippen molar-refractivity contribution in [3.63, 3.8) is 0 Å². The Bertz CT molecular complexity index is 5760. The van der Waals surface area contributed by atoms with Gasteiger partial charge in [-0.1, -0.05) is 151 Å². The van der Waals surface area contributed by atoms with Crippen LogP contribution in [0.5, 0.6) is 57.5 Å². The predicted octanol–water partition coefficient (Wildman–Crippen LogP) is 14.9. The standard InChI is InChI=1S/2C21H22O5.2C21H22O4.C20H20O4/c22-8-13-4-3-7-18-19(13)21(26-12-15-10-24-15)17-6-2-1-5-16(17)20(18)25-11-14-9-23-14;22-8-13-5-6-18-19(7-13)21(26-12-15-10-24-15)17-4-2-1-3-16(17)20(18)25-11-14-9-23-14;1-13-5-4-8-18-19(13)21(25-12-15-10-23-15)17-7-3-2-6-16(17)20(18)24-11-14-9-22-14;1-13-6-7-18-19(8-13)21(25-12-15-10-23-15)17-5-3-2-4-16(17)20(18)24-11-14-9-22-14;1-2-6-16-15(5-1)19(23-11-13-9-21-13)17-7-3-4-8-18(17)20(16)24-12-14-10-22-14/h1-4,7,14-15,22H,5-6,8-12H2;1-2,5-7,14-15,22H,3-4,8-12H2;2-5,8,14-15H,6-7,9-12H2,1H3;2-3,6-8,14-15H,4-5,9-12H2,1H3;1-6,13-14H,7-12H2. The first-order valence-corrected chi connectivity index (χ1v) is 45.0. The van der Waals surface area contributed by atoms with E-state index >= 15 is 0 Å². The zero-order valence-corrected chi connectivity index (χ0v) is 71.5. The number of hydrogen-bond acceptors (Lipinski definition) is 22. The van der Waals surface area contributed by atoms with Crippen LogP contribution in [0.4, 0.5) is 0 Å². The number of allylic oxidation sites excluding steroid dienone is 10. The van der Waals surface area contributed by atoms with Crippen LogP contribution >= 0.6 is 0 Å². The van der Waals surface area contributed by atoms with Gasteiger partial charge < -0.3 is 105 Å². The zero-order chi connectivity index (χ0) is 84.6. The minimum Gasteiger partial charge on any atom is -0.490 e. The fourth-order valence-corrected chi connectivity index (χ4v) is 17.5. The van der Waals surface area contributed by atoms with Gasteiger partial charge in [-0.15, -0.1) is 0 Å². The van der Waals surface area contributed by atoms with E-state index in [4.69, 9.17) is 94.7 Å². The summed E-state index contributed by atoms with van der Waals surface area (Å²) in [7, 11) is 0. The molecule has 22 heteroatoms. The van der Waals surface area contributed by atoms with Crippen LogP contribution in [-0.4, -0.2) is 203 Å². The van der Waals surface area contributed by atoms with Crippen molar-refractivity contribution in [1.82, 2.24) is 0 Å². The highest BCUT2D eigenvalue weighted by Gasteiger charge is 2.37. The number of hydrogen-bond donors (Lipinski definition) is 2. The van der Waals surface area contributed by atoms with Gasteiger partial charge in [0, 0.05) is 109 Å². The van der Waals surface area contributed by atoms with Crippen molar-refractivity contribution in [2.75, 3.05) is 132 Å². The number of aryl methyl sites for hydroxylation is 2. The quantitative estimate of drug-likeness (QED) is 0.0293. The maximum absolute atomic E-state index is 9.92. The van der Waals surface area contributed by atoms with Gasteiger partial charge in [-0.2, -0.15) is 0 Å². The van der Waals surface area contributed by atoms with Crippen molar-refractivity contribution >= 4 is 53.9 Å². The maximum atomic E-state index is 9.92. The summed E-state index contributed by atoms with van der Waals surface area (Å²) in [5, 5.41) is 30.3. The summed E-state index contributed by atoms with van der Waals surface area (Å²) in [6, 6.07) is 33.2. The number of ether oxygens (including phenoxy) is 20. The number of benzene rings is 10. The van der Waals surface area contributed by atoms with Gasteiger partial charge in [-0.25, -0.2) is 0 Å². The van der Waals surface area contributed by atoms with E-state index in [9.17, 15) is 10.2 Å². The molecule has 10 aromatic carbocycles. The predicted molar refractivity (Wildman–Crippen MR) is 476 cm³/mol. The summed E-state index contributed by atoms with van der Waals surface area (Å²) in [6.07, 6.45) is 32.9. The Morgan fingerprint density at radius 1 is 0.238 bits per heavy atom. The van der Waals surface area contributed by atoms with Crippen LogP contribution in [0.1, 0.15) is 77.9 Å². The van der Waals surface area contributed by atoms with E-state index in [0.717, 1.165) is 253 Å². The first-order valence-electron chi connectivity index (χ1n) is 45.0. The maximum Gasteiger partial charge on any atom is 0.131 e. The monoisotopic (exact) mass is 1710 g/mol. The summed E-state index contributed by atoms with van der Waals surface area (Å²) >= 11 is 0. The molecule has 10 unspecified atom stereocenters. The number of aliphatic hydroxyl groups is 2. The molecule has 10 atom stereocenters. The number of rotatable bonds is 32. The van der Waals surface area contributed by atoms with Gasteiger partial charge in [0.2, 0.25) is 0 Å². The SMILES string of the molecule is C1=CCc2c(c(OCC3CO3)c3ccccc3c2OCC2CO2)C1.Cc1ccc2c(OCC3CO3)c3c(c(OCC4CO4)c2c1)CC=CC3.Cc1cccc2c(OCC3CO3)c3c(c(OCC4CO4)c12)CC=CC3.OCc1ccc2c(OCC3CO3)c3c(c(OCC4CO4)c2c1)CC=CC3.OCc1cccc2c(OCC3CO3)c3c(c(OCC4CO4)c12)CC=CC3. The van der Waals surface area contributed by atoms with Gasteiger partial charge in [0.1, 0.15) is 185 Å². The topological polar surface area (TPSA) is 258 Å². The zero-order valence-electron chi connectivity index (χ0n) is 71.5. The van der Waals surface area contributed by atoms with Crippen molar-refractivity contribution in [2.45, 2.75) is 152 Å². The molecule has 5 aliphatic carbocycles. The van der Waals surface area contributed by atoms with Crippen molar-refractivity contribution in [2.24, 2.45) is 0 Å². The van der Waals surface area contributed by atoms with Crippen molar-refractivity contribution in [1.29, 1.82) is 0 Å². The van der Waals surface area contributed by atoms with E-state index < -0.39 is 0 Å². The Hall–Kier alpha value is -10.3. The van der Waals surface area contributed by atoms with Crippen molar-refractivity contribution in [3.8, 4) is 57.5 Å². The average Bonchev–Trinajstić information content (AvgIpc) is 1.69. The highest BCUT2D eigenvalue weighted by atomic mass is 16.6. The van der Waals surface area contributed by atoms with Crippen LogP contribution in [0, 0.1) is 13.8 Å². The molecule has 126 heavy (non-hydrogen) atoms. The van der Waals surface area contributed by atoms with E-state index in [2.05, 4.69) is 141 Å². The third kappa shape index (κ3) is 19.3. The van der Waals surface area contributed by atoms with E-state index in [-0.39, 0.29) is 74.3 Å². The summed E-state index contributed by atoms with van der Waals surface area (Å²) in [6.45, 7) is 18.1. The second kappa shape index (κ2) is 37.2. The second-order valence-corrected chi connectivity index (χ2v) is 34.8. The Labute approximate surface area is 732 Å². The number of fused-ring (bicyclic) bond motifs is 10. The van der Waals surface area contributed by atoms with Gasteiger partial charge >= 0.3 is 0 Å². The fourth-order valence-electron chi connectivity index (χ4n) is 17.5. The summed E-state index contributed by atoms with van der Waals surface area (Å²) in [4.78, 5) is 0. The lowest BCUT2D eigenvalue weighted by Crippen LogP contribution is -2.13. The molecule has 0 radical (unpaired) electrons. The molecule has 10 fully saturated rings. The van der Waals surface area contributed by atoms with E-state index in [1.807, 2.05) is 30.3 Å². The molecule has 10 aliphatic heterocycles. The normalized spacial score (nSPS) is 23.3. The molecule has 656 valence electrons. The lowest BCUT2D eigenvalue weighted by atomic mass is 9.89. The molecule has 25 rings (SSSR count). The Balaban J connectivity index is 0.0000000961. The summed E-state index contributed by atoms with van der Waals surface area (Å²) in [5.41, 5.74) is 16.4. The molecule has 22 nitrogen and oxygen atoms in total. The first kappa shape index (κ1) is 82.7. The molecule has 2 N–H and O–H groups in total. The Morgan fingerprint density at radius 3 is 0.778 bits per heavy atom. The molecule has 0 aromatic heterocycles. The van der Waals surface area contributed by atoms with Crippen molar-refractivity contribution < 1.29 is 105 Å². The van der Waals surface area contributed by atoms with Crippen LogP contribution in [-0.2, 0) is 125 Å². The molecule has 10 aromatic rings. The smallest absolute Gasteiger partial charge is 0.131 e. The van der Waals surface area contributed by atoms with Gasteiger partial charge in [0.25, 0.3) is 0 Å². The lowest BCUT2D eigenvalue weighted by Gasteiger charge is -2.24. The summed E-state index contributed by atoms with van der Waals surface area (Å²) in [5.74, 6) is 9.61. The Kier molecular flexibility index (Phi) is 24.4. The molecule has 10 saturated heterocycles. The third-order valence-electron chi connectivity index (χ3n) is 25.1. The first-order chi connectivity index (χ1) is 62.2. The van der Waals surface area contributed by atoms with Crippen LogP contribution in [0.25, 0.3) is 53.9 Å². The molecule has 0 amide bonds. The second-order valence-electron chi connectivity index (χ2n) is 34.8. The van der Waals surface area contributed by atoms with E-state index in [1.54, 1.807) is 0 Å². The number of aliphatic hydroxyl groups excluding tert-OH is 2. The number of epoxide rings is 10. The van der Waals surface area contributed by atoms with Crippen LogP contribution in [0.3, 0.4) is 0 Å². The molecule has 0 bridgehead atoms. The largest absolute Gasteiger partial charge is 0.490 e. The van der Waals surface area contributed by atoms with Gasteiger partial charge in [0.05, 0.1) is 79.3 Å². The minimum absolute atomic E-state index is 0.00417. The van der Waals surface area contributed by atoms with Gasteiger partial charge in [-0.3, -0.25) is 0 Å². The lowest BCUT2D eigenvalue weighted by molar-refractivity contribution is 0.257. The van der Waals surface area contributed by atoms with Gasteiger partial charge in [-0.05, 0) is 107 Å². The van der Waals surface area contributed by atoms with Crippen LogP contribution in [0.15, 0.2) is 158 Å². The fraction of sp³-hybridized carbons (Fsp3) is 0.423. The molecule has 0 saturated carbocycles. The van der Waals surface area contributed by atoms with Crippen molar-refractivity contribution in [3.05, 3.63) is 236 Å². The highest BCUT2D eigenvalue weighted by Crippen LogP contribution is 2.51. The third-order valence-corrected chi connectivity index (χ3v) is 25.1. The Morgan fingerprint density at radius 2 is 0.476 bits per heavy atom. The van der Waals surface area contributed by atoms with Gasteiger partial charge in [0.15, 0.2) is 0 Å². The van der Waals surface area contributed by atoms with Crippen LogP contribution in [0.2, 0.25) is 0 Å². The molecular formula is C104H108O22. The van der Waals surface area contributed by atoms with E-state index in [1.165, 1.54) is 66.6 Å². The molecule has 10 heterocycles. The molecule has 15 aliphatic rings. The molecule has 0 spiro atoms. The molecular weight excluding hydrogens is 1600 g/mol. The highest BCUT2D eigenvalue weighted by molar-refractivity contribution is 6.02.